The molecule has 0 saturated carbocycles. The van der Waals surface area contributed by atoms with Gasteiger partial charge in [-0.2, -0.15) is 0 Å². The van der Waals surface area contributed by atoms with Gasteiger partial charge in [0, 0.05) is 26.2 Å². The summed E-state index contributed by atoms with van der Waals surface area (Å²) < 4.78 is 1.98. The Morgan fingerprint density at radius 3 is 2.74 bits per heavy atom. The van der Waals surface area contributed by atoms with Gasteiger partial charge in [-0.1, -0.05) is 35.3 Å². The standard InChI is InChI=1S/C18H20Cl2N6.HI/c1-12(13-6-7-14(19)15(20)11-13)23-18(21-2)22-9-8-17-25-24-16-5-3-4-10-26(16)17;/h3-7,10-12H,8-9H2,1-2H3,(H2,21,22,23);1H. The van der Waals surface area contributed by atoms with E-state index in [1.807, 2.05) is 47.9 Å². The number of nitrogens with zero attached hydrogens (tertiary/aromatic N) is 4. The molecule has 0 spiro atoms. The number of hydrogen-bond donors (Lipinski definition) is 2. The monoisotopic (exact) mass is 518 g/mol. The van der Waals surface area contributed by atoms with Crippen LogP contribution in [0.5, 0.6) is 0 Å². The molecule has 1 aromatic carbocycles. The van der Waals surface area contributed by atoms with E-state index < -0.39 is 0 Å². The fourth-order valence-corrected chi connectivity index (χ4v) is 2.93. The lowest BCUT2D eigenvalue weighted by Crippen LogP contribution is -2.39. The molecule has 27 heavy (non-hydrogen) atoms. The summed E-state index contributed by atoms with van der Waals surface area (Å²) in [5.74, 6) is 1.61. The highest BCUT2D eigenvalue weighted by atomic mass is 127. The maximum absolute atomic E-state index is 6.10. The topological polar surface area (TPSA) is 66.6 Å². The van der Waals surface area contributed by atoms with Gasteiger partial charge in [0.15, 0.2) is 11.6 Å². The molecule has 0 aliphatic heterocycles. The van der Waals surface area contributed by atoms with Gasteiger partial charge in [-0.15, -0.1) is 34.2 Å². The minimum absolute atomic E-state index is 0. The van der Waals surface area contributed by atoms with E-state index in [9.17, 15) is 0 Å². The molecule has 144 valence electrons. The third-order valence-electron chi connectivity index (χ3n) is 4.05. The first-order valence-corrected chi connectivity index (χ1v) is 9.05. The Balaban J connectivity index is 0.00000261. The van der Waals surface area contributed by atoms with Gasteiger partial charge in [-0.25, -0.2) is 0 Å². The van der Waals surface area contributed by atoms with Crippen LogP contribution in [0.15, 0.2) is 47.6 Å². The van der Waals surface area contributed by atoms with E-state index in [2.05, 4.69) is 25.8 Å². The van der Waals surface area contributed by atoms with E-state index in [1.54, 1.807) is 13.1 Å². The van der Waals surface area contributed by atoms with Crippen LogP contribution in [0, 0.1) is 0 Å². The van der Waals surface area contributed by atoms with Crippen LogP contribution in [0.1, 0.15) is 24.4 Å². The number of fused-ring (bicyclic) bond motifs is 1. The first-order valence-electron chi connectivity index (χ1n) is 8.29. The summed E-state index contributed by atoms with van der Waals surface area (Å²) in [5.41, 5.74) is 1.88. The maximum atomic E-state index is 6.10. The summed E-state index contributed by atoms with van der Waals surface area (Å²) >= 11 is 12.1. The van der Waals surface area contributed by atoms with Gasteiger partial charge in [-0.3, -0.25) is 9.39 Å². The molecular weight excluding hydrogens is 498 g/mol. The molecule has 0 fully saturated rings. The second kappa shape index (κ2) is 10.1. The number of rotatable bonds is 5. The number of benzene rings is 1. The number of pyridine rings is 1. The van der Waals surface area contributed by atoms with Crippen molar-refractivity contribution in [3.63, 3.8) is 0 Å². The number of hydrogen-bond acceptors (Lipinski definition) is 3. The minimum Gasteiger partial charge on any atom is -0.356 e. The highest BCUT2D eigenvalue weighted by Crippen LogP contribution is 2.25. The number of aliphatic imine (C=N–C) groups is 1. The first-order chi connectivity index (χ1) is 12.6. The quantitative estimate of drug-likeness (QED) is 0.303. The second-order valence-electron chi connectivity index (χ2n) is 5.83. The van der Waals surface area contributed by atoms with Crippen molar-refractivity contribution in [2.75, 3.05) is 13.6 Å². The Bertz CT molecular complexity index is 927. The zero-order valence-electron chi connectivity index (χ0n) is 15.0. The third kappa shape index (κ3) is 5.46. The predicted molar refractivity (Wildman–Crippen MR) is 121 cm³/mol. The van der Waals surface area contributed by atoms with Crippen LogP contribution in [0.2, 0.25) is 10.0 Å². The highest BCUT2D eigenvalue weighted by molar-refractivity contribution is 14.0. The SMILES string of the molecule is CN=C(NCCc1nnc2ccccn12)NC(C)c1ccc(Cl)c(Cl)c1.I. The number of aromatic nitrogens is 3. The van der Waals surface area contributed by atoms with Gasteiger partial charge in [0.25, 0.3) is 0 Å². The van der Waals surface area contributed by atoms with E-state index in [1.165, 1.54) is 0 Å². The van der Waals surface area contributed by atoms with Crippen LogP contribution in [0.25, 0.3) is 5.65 Å². The molecule has 0 amide bonds. The molecule has 0 saturated heterocycles. The molecule has 6 nitrogen and oxygen atoms in total. The zero-order valence-corrected chi connectivity index (χ0v) is 18.8. The zero-order chi connectivity index (χ0) is 18.5. The Morgan fingerprint density at radius 1 is 1.19 bits per heavy atom. The Morgan fingerprint density at radius 2 is 2.00 bits per heavy atom. The van der Waals surface area contributed by atoms with Gasteiger partial charge >= 0.3 is 0 Å². The van der Waals surface area contributed by atoms with Crippen LogP contribution in [-0.2, 0) is 6.42 Å². The smallest absolute Gasteiger partial charge is 0.191 e. The molecule has 1 unspecified atom stereocenters. The molecule has 3 aromatic rings. The van der Waals surface area contributed by atoms with E-state index in [0.29, 0.717) is 22.5 Å². The van der Waals surface area contributed by atoms with Crippen molar-refractivity contribution in [1.82, 2.24) is 25.2 Å². The van der Waals surface area contributed by atoms with Gasteiger partial charge in [0.1, 0.15) is 5.82 Å². The molecule has 2 N–H and O–H groups in total. The van der Waals surface area contributed by atoms with Crippen molar-refractivity contribution in [3.05, 3.63) is 64.0 Å². The molecular formula is C18H21Cl2IN6. The van der Waals surface area contributed by atoms with Crippen molar-refractivity contribution in [2.24, 2.45) is 4.99 Å². The van der Waals surface area contributed by atoms with E-state index in [4.69, 9.17) is 23.2 Å². The third-order valence-corrected chi connectivity index (χ3v) is 4.78. The summed E-state index contributed by atoms with van der Waals surface area (Å²) in [5, 5.41) is 16.1. The second-order valence-corrected chi connectivity index (χ2v) is 6.65. The molecule has 1 atom stereocenters. The maximum Gasteiger partial charge on any atom is 0.191 e. The van der Waals surface area contributed by atoms with Crippen LogP contribution >= 0.6 is 47.2 Å². The molecule has 3 rings (SSSR count). The van der Waals surface area contributed by atoms with Crippen LogP contribution in [0.4, 0.5) is 0 Å². The fraction of sp³-hybridized carbons (Fsp3) is 0.278. The molecule has 0 aliphatic carbocycles. The van der Waals surface area contributed by atoms with E-state index >= 15 is 0 Å². The lowest BCUT2D eigenvalue weighted by atomic mass is 10.1. The molecule has 2 aromatic heterocycles. The Labute approximate surface area is 185 Å². The number of halogens is 3. The lowest BCUT2D eigenvalue weighted by Gasteiger charge is -2.18. The summed E-state index contributed by atoms with van der Waals surface area (Å²) in [6.07, 6.45) is 2.69. The highest BCUT2D eigenvalue weighted by Gasteiger charge is 2.10. The minimum atomic E-state index is 0. The van der Waals surface area contributed by atoms with Gasteiger partial charge in [0.2, 0.25) is 0 Å². The summed E-state index contributed by atoms with van der Waals surface area (Å²) in [4.78, 5) is 4.27. The van der Waals surface area contributed by atoms with Crippen molar-refractivity contribution in [1.29, 1.82) is 0 Å². The Kier molecular flexibility index (Phi) is 8.12. The molecule has 0 radical (unpaired) electrons. The first kappa shape index (κ1) is 21.7. The Hall–Kier alpha value is -1.58. The van der Waals surface area contributed by atoms with Gasteiger partial charge in [0.05, 0.1) is 16.1 Å². The van der Waals surface area contributed by atoms with Gasteiger partial charge in [-0.05, 0) is 36.8 Å². The van der Waals surface area contributed by atoms with Crippen LogP contribution < -0.4 is 10.6 Å². The normalized spacial score (nSPS) is 12.5. The molecule has 9 heteroatoms. The predicted octanol–water partition coefficient (Wildman–Crippen LogP) is 4.12. The van der Waals surface area contributed by atoms with E-state index in [0.717, 1.165) is 23.5 Å². The summed E-state index contributed by atoms with van der Waals surface area (Å²) in [6.45, 7) is 2.72. The van der Waals surface area contributed by atoms with E-state index in [-0.39, 0.29) is 30.0 Å². The summed E-state index contributed by atoms with van der Waals surface area (Å²) in [7, 11) is 1.74. The average molecular weight is 519 g/mol. The van der Waals surface area contributed by atoms with Crippen molar-refractivity contribution >= 4 is 58.8 Å². The molecule has 0 bridgehead atoms. The number of nitrogens with one attached hydrogen (secondary N) is 2. The van der Waals surface area contributed by atoms with Crippen molar-refractivity contribution in [2.45, 2.75) is 19.4 Å². The summed E-state index contributed by atoms with van der Waals surface area (Å²) in [6, 6.07) is 11.5. The van der Waals surface area contributed by atoms with Gasteiger partial charge < -0.3 is 10.6 Å². The average Bonchev–Trinajstić information content (AvgIpc) is 3.06. The molecule has 2 heterocycles. The fourth-order valence-electron chi connectivity index (χ4n) is 2.62. The largest absolute Gasteiger partial charge is 0.356 e. The molecule has 0 aliphatic rings. The van der Waals surface area contributed by atoms with Crippen molar-refractivity contribution < 1.29 is 0 Å². The van der Waals surface area contributed by atoms with Crippen LogP contribution in [-0.4, -0.2) is 34.2 Å². The van der Waals surface area contributed by atoms with Crippen molar-refractivity contribution in [3.8, 4) is 0 Å². The lowest BCUT2D eigenvalue weighted by molar-refractivity contribution is 0.679. The van der Waals surface area contributed by atoms with Crippen LogP contribution in [0.3, 0.4) is 0 Å². The number of guanidine groups is 1.